The van der Waals surface area contributed by atoms with E-state index >= 15 is 0 Å². The topological polar surface area (TPSA) is 83.0 Å². The number of halogens is 1. The first-order valence-electron chi connectivity index (χ1n) is 8.54. The normalized spacial score (nSPS) is 16.3. The number of benzene rings is 1. The van der Waals surface area contributed by atoms with Gasteiger partial charge in [-0.25, -0.2) is 4.39 Å². The van der Waals surface area contributed by atoms with Crippen molar-refractivity contribution in [2.75, 3.05) is 13.6 Å². The van der Waals surface area contributed by atoms with Crippen molar-refractivity contribution in [3.05, 3.63) is 65.9 Å². The number of nitrogens with one attached hydrogen (secondary N) is 2. The maximum atomic E-state index is 13.1. The number of amides is 2. The van der Waals surface area contributed by atoms with Gasteiger partial charge in [-0.15, -0.1) is 0 Å². The highest BCUT2D eigenvalue weighted by atomic mass is 19.1. The fourth-order valence-electron chi connectivity index (χ4n) is 3.27. The zero-order valence-corrected chi connectivity index (χ0v) is 14.6. The summed E-state index contributed by atoms with van der Waals surface area (Å²) < 4.78 is 15.0. The van der Waals surface area contributed by atoms with Gasteiger partial charge in [0.15, 0.2) is 0 Å². The zero-order chi connectivity index (χ0) is 19.0. The van der Waals surface area contributed by atoms with Gasteiger partial charge in [0.1, 0.15) is 11.5 Å². The summed E-state index contributed by atoms with van der Waals surface area (Å²) in [6, 6.07) is 9.30. The van der Waals surface area contributed by atoms with Crippen LogP contribution in [-0.4, -0.2) is 51.1 Å². The number of fused-ring (bicyclic) bond motifs is 1. The largest absolute Gasteiger partial charge is 0.350 e. The van der Waals surface area contributed by atoms with Crippen molar-refractivity contribution in [3.63, 3.8) is 0 Å². The Morgan fingerprint density at radius 1 is 1.33 bits per heavy atom. The van der Waals surface area contributed by atoms with E-state index in [2.05, 4.69) is 15.5 Å². The van der Waals surface area contributed by atoms with E-state index < -0.39 is 0 Å². The molecule has 1 aliphatic heterocycles. The van der Waals surface area contributed by atoms with E-state index in [1.54, 1.807) is 30.1 Å². The molecule has 4 rings (SSSR count). The third-order valence-corrected chi connectivity index (χ3v) is 4.84. The van der Waals surface area contributed by atoms with Crippen LogP contribution in [0.3, 0.4) is 0 Å². The van der Waals surface area contributed by atoms with Crippen molar-refractivity contribution in [2.24, 2.45) is 0 Å². The lowest BCUT2D eigenvalue weighted by Crippen LogP contribution is -2.50. The highest BCUT2D eigenvalue weighted by Gasteiger charge is 2.29. The second-order valence-electron chi connectivity index (χ2n) is 6.49. The van der Waals surface area contributed by atoms with Crippen LogP contribution in [0.1, 0.15) is 20.8 Å². The Hall–Kier alpha value is -3.42. The number of likely N-dealkylation sites (N-methyl/N-ethyl adjacent to an activating group) is 1. The van der Waals surface area contributed by atoms with Crippen molar-refractivity contribution >= 4 is 11.8 Å². The van der Waals surface area contributed by atoms with E-state index in [1.807, 2.05) is 16.8 Å². The van der Waals surface area contributed by atoms with Crippen LogP contribution in [0.15, 0.2) is 48.8 Å². The van der Waals surface area contributed by atoms with Crippen LogP contribution in [0.25, 0.3) is 11.3 Å². The second kappa shape index (κ2) is 6.71. The van der Waals surface area contributed by atoms with E-state index in [9.17, 15) is 14.0 Å². The molecule has 1 aromatic carbocycles. The predicted molar refractivity (Wildman–Crippen MR) is 96.6 cm³/mol. The number of rotatable bonds is 4. The molecule has 7 nitrogen and oxygen atoms in total. The van der Waals surface area contributed by atoms with Crippen LogP contribution in [-0.2, 0) is 6.54 Å². The molecule has 1 atom stereocenters. The van der Waals surface area contributed by atoms with Gasteiger partial charge in [0.25, 0.3) is 11.8 Å². The molecule has 0 bridgehead atoms. The minimum atomic E-state index is -0.348. The van der Waals surface area contributed by atoms with Crippen molar-refractivity contribution in [1.29, 1.82) is 0 Å². The molecule has 2 amide bonds. The number of H-pyrrole nitrogens is 1. The van der Waals surface area contributed by atoms with Crippen LogP contribution in [0.5, 0.6) is 0 Å². The Morgan fingerprint density at radius 2 is 2.11 bits per heavy atom. The van der Waals surface area contributed by atoms with E-state index in [0.717, 1.165) is 0 Å². The Kier molecular flexibility index (Phi) is 4.23. The van der Waals surface area contributed by atoms with Crippen LogP contribution in [0, 0.1) is 5.82 Å². The fourth-order valence-corrected chi connectivity index (χ4v) is 3.27. The quantitative estimate of drug-likeness (QED) is 0.739. The van der Waals surface area contributed by atoms with Crippen LogP contribution >= 0.6 is 0 Å². The van der Waals surface area contributed by atoms with Crippen LogP contribution < -0.4 is 5.32 Å². The summed E-state index contributed by atoms with van der Waals surface area (Å²) in [6.45, 7) is 0.924. The van der Waals surface area contributed by atoms with Gasteiger partial charge in [-0.05, 0) is 36.4 Å². The summed E-state index contributed by atoms with van der Waals surface area (Å²) in [5.41, 5.74) is 2.20. The van der Waals surface area contributed by atoms with E-state index in [4.69, 9.17) is 0 Å². The number of carbonyl (C=O) groups is 2. The molecule has 0 aliphatic carbocycles. The summed E-state index contributed by atoms with van der Waals surface area (Å²) in [4.78, 5) is 26.7. The number of aromatic nitrogens is 3. The van der Waals surface area contributed by atoms with Gasteiger partial charge < -0.3 is 14.8 Å². The summed E-state index contributed by atoms with van der Waals surface area (Å²) in [5, 5.41) is 9.59. The van der Waals surface area contributed by atoms with Gasteiger partial charge in [-0.2, -0.15) is 5.10 Å². The summed E-state index contributed by atoms with van der Waals surface area (Å²) in [7, 11) is 1.73. The molecule has 8 heteroatoms. The summed E-state index contributed by atoms with van der Waals surface area (Å²) in [5.74, 6) is -0.721. The first-order chi connectivity index (χ1) is 13.0. The molecule has 0 radical (unpaired) electrons. The average molecular weight is 367 g/mol. The molecule has 27 heavy (non-hydrogen) atoms. The Bertz CT molecular complexity index is 992. The maximum absolute atomic E-state index is 13.1. The number of nitrogens with zero attached hydrogens (tertiary/aromatic N) is 3. The van der Waals surface area contributed by atoms with Crippen molar-refractivity contribution < 1.29 is 14.0 Å². The Labute approximate surface area is 154 Å². The molecule has 3 aromatic rings. The average Bonchev–Trinajstić information content (AvgIpc) is 3.33. The molecule has 0 saturated carbocycles. The predicted octanol–water partition coefficient (Wildman–Crippen LogP) is 1.90. The minimum absolute atomic E-state index is 0.0687. The van der Waals surface area contributed by atoms with Crippen molar-refractivity contribution in [2.45, 2.75) is 12.6 Å². The third kappa shape index (κ3) is 3.10. The molecule has 138 valence electrons. The molecule has 1 aliphatic rings. The lowest BCUT2D eigenvalue weighted by atomic mass is 10.1. The van der Waals surface area contributed by atoms with Gasteiger partial charge in [0.2, 0.25) is 0 Å². The first kappa shape index (κ1) is 17.0. The highest BCUT2D eigenvalue weighted by Crippen LogP contribution is 2.21. The van der Waals surface area contributed by atoms with Crippen LogP contribution in [0.4, 0.5) is 4.39 Å². The van der Waals surface area contributed by atoms with Gasteiger partial charge in [-0.3, -0.25) is 14.7 Å². The number of aromatic amines is 1. The lowest BCUT2D eigenvalue weighted by Gasteiger charge is -2.33. The van der Waals surface area contributed by atoms with E-state index in [0.29, 0.717) is 35.6 Å². The maximum Gasteiger partial charge on any atom is 0.270 e. The van der Waals surface area contributed by atoms with Crippen molar-refractivity contribution in [1.82, 2.24) is 25.0 Å². The number of hydrogen-bond acceptors (Lipinski definition) is 3. The van der Waals surface area contributed by atoms with Gasteiger partial charge in [-0.1, -0.05) is 0 Å². The molecule has 1 unspecified atom stereocenters. The smallest absolute Gasteiger partial charge is 0.270 e. The number of carbonyl (C=O) groups excluding carboxylic acids is 2. The Balaban J connectivity index is 1.47. The van der Waals surface area contributed by atoms with Gasteiger partial charge >= 0.3 is 0 Å². The molecule has 3 heterocycles. The highest BCUT2D eigenvalue weighted by molar-refractivity contribution is 5.99. The minimum Gasteiger partial charge on any atom is -0.350 e. The fraction of sp³-hybridized carbons (Fsp3) is 0.211. The second-order valence-corrected chi connectivity index (χ2v) is 6.49. The molecule has 0 spiro atoms. The summed E-state index contributed by atoms with van der Waals surface area (Å²) in [6.07, 6.45) is 3.30. The monoisotopic (exact) mass is 367 g/mol. The first-order valence-corrected chi connectivity index (χ1v) is 8.54. The molecular formula is C19H18FN5O2. The third-order valence-electron chi connectivity index (χ3n) is 4.84. The van der Waals surface area contributed by atoms with E-state index in [1.165, 1.54) is 18.3 Å². The zero-order valence-electron chi connectivity index (χ0n) is 14.6. The van der Waals surface area contributed by atoms with Crippen LogP contribution in [0.2, 0.25) is 0 Å². The summed E-state index contributed by atoms with van der Waals surface area (Å²) >= 11 is 0. The lowest BCUT2D eigenvalue weighted by molar-refractivity contribution is 0.0645. The van der Waals surface area contributed by atoms with E-state index in [-0.39, 0.29) is 23.7 Å². The van der Waals surface area contributed by atoms with Crippen molar-refractivity contribution in [3.8, 4) is 11.3 Å². The van der Waals surface area contributed by atoms with Gasteiger partial charge in [0, 0.05) is 31.9 Å². The molecule has 0 saturated heterocycles. The Morgan fingerprint density at radius 3 is 2.89 bits per heavy atom. The molecule has 0 fully saturated rings. The SMILES string of the molecule is CN1C(=O)c2cccn2CC1CNC(=O)c1cn[nH]c1-c1ccc(F)cc1. The molecular weight excluding hydrogens is 349 g/mol. The standard InChI is InChI=1S/C19H18FN5O2/c1-24-14(11-25-8-2-3-16(25)19(24)27)9-21-18(26)15-10-22-23-17(15)12-4-6-13(20)7-5-12/h2-8,10,14H,9,11H2,1H3,(H,21,26)(H,22,23). The number of hydrogen-bond donors (Lipinski definition) is 2. The van der Waals surface area contributed by atoms with Gasteiger partial charge in [0.05, 0.1) is 23.5 Å². The molecule has 2 N–H and O–H groups in total. The molecule has 2 aromatic heterocycles.